The second-order valence-electron chi connectivity index (χ2n) is 6.32. The normalized spacial score (nSPS) is 17.2. The molecule has 1 fully saturated rings. The Morgan fingerprint density at radius 2 is 2.23 bits per heavy atom. The number of aromatic nitrogens is 1. The first-order chi connectivity index (χ1) is 12.5. The number of carbonyl (C=O) groups excluding carboxylic acids is 2. The van der Waals surface area contributed by atoms with Gasteiger partial charge in [0, 0.05) is 30.2 Å². The number of nitrogens with zero attached hydrogens (tertiary/aromatic N) is 2. The molecule has 0 radical (unpaired) electrons. The smallest absolute Gasteiger partial charge is 0.275 e. The number of benzene rings is 1. The number of amides is 2. The standard InChI is InChI=1S/C18H21ClN4O2S/c1-11-4-2-3-7-23(11)18(25)13-6-5-12(8-14(13)19)21-17(24)15-10-26-16(9-20)22-15/h5-6,8,10-11H,2-4,7,9,20H2,1H3,(H,21,24). The molecule has 0 saturated carbocycles. The summed E-state index contributed by atoms with van der Waals surface area (Å²) in [6, 6.07) is 5.15. The lowest BCUT2D eigenvalue weighted by atomic mass is 10.0. The highest BCUT2D eigenvalue weighted by Gasteiger charge is 2.25. The van der Waals surface area contributed by atoms with Crippen LogP contribution in [0.1, 0.15) is 52.0 Å². The summed E-state index contributed by atoms with van der Waals surface area (Å²) < 4.78 is 0. The molecule has 138 valence electrons. The molecule has 0 aliphatic carbocycles. The molecule has 1 atom stereocenters. The van der Waals surface area contributed by atoms with Crippen molar-refractivity contribution in [3.8, 4) is 0 Å². The molecule has 1 aliphatic rings. The van der Waals surface area contributed by atoms with Crippen LogP contribution >= 0.6 is 22.9 Å². The van der Waals surface area contributed by atoms with Crippen molar-refractivity contribution in [2.24, 2.45) is 5.73 Å². The van der Waals surface area contributed by atoms with Crippen molar-refractivity contribution in [1.29, 1.82) is 0 Å². The molecule has 1 aliphatic heterocycles. The number of thiazole rings is 1. The topological polar surface area (TPSA) is 88.3 Å². The molecular formula is C18H21ClN4O2S. The van der Waals surface area contributed by atoms with Gasteiger partial charge in [0.05, 0.1) is 10.6 Å². The Balaban J connectivity index is 1.72. The molecule has 3 rings (SSSR count). The maximum Gasteiger partial charge on any atom is 0.275 e. The van der Waals surface area contributed by atoms with Crippen LogP contribution < -0.4 is 11.1 Å². The highest BCUT2D eigenvalue weighted by Crippen LogP contribution is 2.26. The van der Waals surface area contributed by atoms with Crippen molar-refractivity contribution in [3.05, 3.63) is 44.9 Å². The third-order valence-corrected chi connectivity index (χ3v) is 5.66. The average Bonchev–Trinajstić information content (AvgIpc) is 3.11. The van der Waals surface area contributed by atoms with Crippen molar-refractivity contribution in [2.45, 2.75) is 38.8 Å². The Bertz CT molecular complexity index is 823. The van der Waals surface area contributed by atoms with Crippen LogP contribution in [0.5, 0.6) is 0 Å². The lowest BCUT2D eigenvalue weighted by molar-refractivity contribution is 0.0635. The molecule has 3 N–H and O–H groups in total. The van der Waals surface area contributed by atoms with Gasteiger partial charge in [-0.25, -0.2) is 4.98 Å². The van der Waals surface area contributed by atoms with Gasteiger partial charge in [-0.05, 0) is 44.4 Å². The fourth-order valence-corrected chi connectivity index (χ4v) is 3.94. The van der Waals surface area contributed by atoms with Crippen molar-refractivity contribution >= 4 is 40.4 Å². The number of nitrogens with two attached hydrogens (primary N) is 1. The number of carbonyl (C=O) groups is 2. The number of hydrogen-bond donors (Lipinski definition) is 2. The minimum Gasteiger partial charge on any atom is -0.336 e. The number of rotatable bonds is 4. The van der Waals surface area contributed by atoms with Crippen LogP contribution in [-0.2, 0) is 6.54 Å². The summed E-state index contributed by atoms with van der Waals surface area (Å²) >= 11 is 7.66. The van der Waals surface area contributed by atoms with Gasteiger partial charge in [-0.3, -0.25) is 9.59 Å². The highest BCUT2D eigenvalue weighted by molar-refractivity contribution is 7.09. The number of nitrogens with one attached hydrogen (secondary N) is 1. The van der Waals surface area contributed by atoms with Gasteiger partial charge in [0.25, 0.3) is 11.8 Å². The maximum atomic E-state index is 12.8. The Morgan fingerprint density at radius 1 is 1.42 bits per heavy atom. The van der Waals surface area contributed by atoms with Gasteiger partial charge in [0.1, 0.15) is 10.7 Å². The Morgan fingerprint density at radius 3 is 2.88 bits per heavy atom. The van der Waals surface area contributed by atoms with Crippen LogP contribution in [0.2, 0.25) is 5.02 Å². The molecule has 26 heavy (non-hydrogen) atoms. The summed E-state index contributed by atoms with van der Waals surface area (Å²) in [5.74, 6) is -0.395. The Kier molecular flexibility index (Phi) is 5.90. The van der Waals surface area contributed by atoms with E-state index in [0.29, 0.717) is 33.5 Å². The van der Waals surface area contributed by atoms with Gasteiger partial charge in [-0.2, -0.15) is 0 Å². The number of halogens is 1. The van der Waals surface area contributed by atoms with E-state index in [9.17, 15) is 9.59 Å². The minimum absolute atomic E-state index is 0.0628. The Hall–Kier alpha value is -1.96. The largest absolute Gasteiger partial charge is 0.336 e. The van der Waals surface area contributed by atoms with Crippen molar-refractivity contribution < 1.29 is 9.59 Å². The van der Waals surface area contributed by atoms with Gasteiger partial charge >= 0.3 is 0 Å². The molecule has 2 aromatic rings. The van der Waals surface area contributed by atoms with Crippen molar-refractivity contribution in [1.82, 2.24) is 9.88 Å². The third kappa shape index (κ3) is 4.06. The maximum absolute atomic E-state index is 12.8. The predicted molar refractivity (Wildman–Crippen MR) is 104 cm³/mol. The van der Waals surface area contributed by atoms with E-state index >= 15 is 0 Å². The van der Waals surface area contributed by atoms with Gasteiger partial charge in [-0.15, -0.1) is 11.3 Å². The highest BCUT2D eigenvalue weighted by atomic mass is 35.5. The molecule has 0 bridgehead atoms. The predicted octanol–water partition coefficient (Wildman–Crippen LogP) is 3.52. The summed E-state index contributed by atoms with van der Waals surface area (Å²) in [5, 5.41) is 5.43. The van der Waals surface area contributed by atoms with Crippen LogP contribution in [0, 0.1) is 0 Å². The van der Waals surface area contributed by atoms with Crippen LogP contribution in [0.4, 0.5) is 5.69 Å². The molecule has 2 heterocycles. The molecule has 1 unspecified atom stereocenters. The van der Waals surface area contributed by atoms with Crippen LogP contribution in [-0.4, -0.2) is 34.3 Å². The van der Waals surface area contributed by atoms with E-state index in [0.717, 1.165) is 25.8 Å². The summed E-state index contributed by atoms with van der Waals surface area (Å²) in [7, 11) is 0. The molecule has 1 aromatic heterocycles. The lowest BCUT2D eigenvalue weighted by Gasteiger charge is -2.33. The fraction of sp³-hybridized carbons (Fsp3) is 0.389. The third-order valence-electron chi connectivity index (χ3n) is 4.48. The van der Waals surface area contributed by atoms with E-state index in [-0.39, 0.29) is 17.9 Å². The van der Waals surface area contributed by atoms with Gasteiger partial charge in [0.2, 0.25) is 0 Å². The molecule has 8 heteroatoms. The van der Waals surface area contributed by atoms with Gasteiger partial charge in [-0.1, -0.05) is 11.6 Å². The van der Waals surface area contributed by atoms with E-state index in [4.69, 9.17) is 17.3 Å². The molecular weight excluding hydrogens is 372 g/mol. The van der Waals surface area contributed by atoms with Gasteiger partial charge < -0.3 is 16.0 Å². The van der Waals surface area contributed by atoms with E-state index < -0.39 is 0 Å². The second-order valence-corrected chi connectivity index (χ2v) is 7.67. The summed E-state index contributed by atoms with van der Waals surface area (Å²) in [4.78, 5) is 31.0. The Labute approximate surface area is 161 Å². The van der Waals surface area contributed by atoms with E-state index in [1.807, 2.05) is 4.90 Å². The zero-order valence-corrected chi connectivity index (χ0v) is 16.1. The zero-order valence-electron chi connectivity index (χ0n) is 14.5. The molecule has 2 amide bonds. The average molecular weight is 393 g/mol. The van der Waals surface area contributed by atoms with E-state index in [1.54, 1.807) is 23.6 Å². The first-order valence-corrected chi connectivity index (χ1v) is 9.81. The van der Waals surface area contributed by atoms with E-state index in [2.05, 4.69) is 17.2 Å². The van der Waals surface area contributed by atoms with Crippen molar-refractivity contribution in [3.63, 3.8) is 0 Å². The second kappa shape index (κ2) is 8.16. The number of piperidine rings is 1. The monoisotopic (exact) mass is 392 g/mol. The van der Waals surface area contributed by atoms with E-state index in [1.165, 1.54) is 11.3 Å². The van der Waals surface area contributed by atoms with Crippen molar-refractivity contribution in [2.75, 3.05) is 11.9 Å². The quantitative estimate of drug-likeness (QED) is 0.833. The first-order valence-electron chi connectivity index (χ1n) is 8.56. The lowest BCUT2D eigenvalue weighted by Crippen LogP contribution is -2.42. The molecule has 1 saturated heterocycles. The SMILES string of the molecule is CC1CCCCN1C(=O)c1ccc(NC(=O)c2csc(CN)n2)cc1Cl. The number of likely N-dealkylation sites (tertiary alicyclic amines) is 1. The van der Waals surface area contributed by atoms with Crippen LogP contribution in [0.3, 0.4) is 0 Å². The van der Waals surface area contributed by atoms with Crippen LogP contribution in [0.25, 0.3) is 0 Å². The molecule has 6 nitrogen and oxygen atoms in total. The summed E-state index contributed by atoms with van der Waals surface area (Å²) in [5.41, 5.74) is 6.80. The summed E-state index contributed by atoms with van der Waals surface area (Å²) in [6.45, 7) is 3.11. The number of hydrogen-bond acceptors (Lipinski definition) is 5. The first kappa shape index (κ1) is 18.8. The fourth-order valence-electron chi connectivity index (χ4n) is 3.02. The summed E-state index contributed by atoms with van der Waals surface area (Å²) in [6.07, 6.45) is 3.17. The minimum atomic E-state index is -0.333. The molecule has 0 spiro atoms. The molecule has 1 aromatic carbocycles. The zero-order chi connectivity index (χ0) is 18.7. The van der Waals surface area contributed by atoms with Gasteiger partial charge in [0.15, 0.2) is 0 Å². The number of anilines is 1. The van der Waals surface area contributed by atoms with Crippen LogP contribution in [0.15, 0.2) is 23.6 Å².